The van der Waals surface area contributed by atoms with E-state index in [1.165, 1.54) is 36.0 Å². The minimum atomic E-state index is -0.583. The van der Waals surface area contributed by atoms with E-state index < -0.39 is 10.2 Å². The van der Waals surface area contributed by atoms with E-state index in [9.17, 15) is 19.7 Å². The van der Waals surface area contributed by atoms with Gasteiger partial charge < -0.3 is 10.1 Å². The second-order valence-corrected chi connectivity index (χ2v) is 7.51. The van der Waals surface area contributed by atoms with Gasteiger partial charge in [0.2, 0.25) is 11.8 Å². The zero-order valence-electron chi connectivity index (χ0n) is 16.4. The number of amides is 2. The number of nitrogens with one attached hydrogen (secondary N) is 1. The second-order valence-electron chi connectivity index (χ2n) is 6.34. The number of non-ortho nitro benzene ring substituents is 1. The Balaban J connectivity index is 1.67. The van der Waals surface area contributed by atoms with Crippen LogP contribution in [0.4, 0.5) is 17.1 Å². The number of ether oxygens (including phenoxy) is 1. The molecule has 0 spiro atoms. The SMILES string of the molecule is CCN1C(=O)[C@H](CC(=O)Nc2ccc([N+](=O)[O-])cc2)SC1=Nc1ccc(OC)cc1. The minimum Gasteiger partial charge on any atom is -0.497 e. The van der Waals surface area contributed by atoms with Gasteiger partial charge in [-0.3, -0.25) is 24.6 Å². The number of nitro benzene ring substituents is 1. The molecule has 2 amide bonds. The molecule has 0 aromatic heterocycles. The van der Waals surface area contributed by atoms with Crippen molar-refractivity contribution in [3.8, 4) is 5.75 Å². The maximum Gasteiger partial charge on any atom is 0.269 e. The van der Waals surface area contributed by atoms with Crippen molar-refractivity contribution in [2.75, 3.05) is 19.0 Å². The van der Waals surface area contributed by atoms with Crippen molar-refractivity contribution in [3.05, 3.63) is 58.6 Å². The molecule has 0 bridgehead atoms. The third-order valence-electron chi connectivity index (χ3n) is 4.37. The molecule has 1 heterocycles. The van der Waals surface area contributed by atoms with Gasteiger partial charge in [-0.25, -0.2) is 4.99 Å². The number of benzene rings is 2. The average molecular weight is 428 g/mol. The Morgan fingerprint density at radius 3 is 2.47 bits per heavy atom. The summed E-state index contributed by atoms with van der Waals surface area (Å²) in [6.07, 6.45) is -0.0291. The molecule has 2 aromatic carbocycles. The van der Waals surface area contributed by atoms with Crippen molar-refractivity contribution in [2.45, 2.75) is 18.6 Å². The van der Waals surface area contributed by atoms with Gasteiger partial charge in [0.05, 0.1) is 17.7 Å². The number of nitrogens with zero attached hydrogens (tertiary/aromatic N) is 3. The number of aliphatic imine (C=N–C) groups is 1. The molecule has 10 heteroatoms. The summed E-state index contributed by atoms with van der Waals surface area (Å²) in [4.78, 5) is 41.4. The molecule has 2 aromatic rings. The Bertz CT molecular complexity index is 976. The van der Waals surface area contributed by atoms with Gasteiger partial charge in [0.25, 0.3) is 5.69 Å². The predicted octanol–water partition coefficient (Wildman–Crippen LogP) is 3.58. The van der Waals surface area contributed by atoms with Gasteiger partial charge in [-0.15, -0.1) is 0 Å². The number of nitro groups is 1. The summed E-state index contributed by atoms with van der Waals surface area (Å²) >= 11 is 1.25. The number of hydrogen-bond donors (Lipinski definition) is 1. The van der Waals surface area contributed by atoms with Crippen LogP contribution in [0.1, 0.15) is 13.3 Å². The molecule has 0 radical (unpaired) electrons. The Kier molecular flexibility index (Phi) is 6.68. The lowest BCUT2D eigenvalue weighted by atomic mass is 10.2. The standard InChI is InChI=1S/C20H20N4O5S/c1-3-23-19(26)17(30-20(23)22-14-6-10-16(29-2)11-7-14)12-18(25)21-13-4-8-15(9-5-13)24(27)28/h4-11,17H,3,12H2,1-2H3,(H,21,25)/t17-/m0/s1. The summed E-state index contributed by atoms with van der Waals surface area (Å²) in [5.41, 5.74) is 1.05. The lowest BCUT2D eigenvalue weighted by Crippen LogP contribution is -2.33. The third kappa shape index (κ3) is 4.95. The second kappa shape index (κ2) is 9.40. The fourth-order valence-electron chi connectivity index (χ4n) is 2.83. The van der Waals surface area contributed by atoms with E-state index in [1.54, 1.807) is 36.3 Å². The normalized spacial score (nSPS) is 17.3. The molecule has 0 saturated carbocycles. The van der Waals surface area contributed by atoms with Gasteiger partial charge in [-0.1, -0.05) is 11.8 Å². The van der Waals surface area contributed by atoms with Crippen LogP contribution in [0.15, 0.2) is 53.5 Å². The van der Waals surface area contributed by atoms with E-state index >= 15 is 0 Å². The zero-order valence-corrected chi connectivity index (χ0v) is 17.2. The van der Waals surface area contributed by atoms with E-state index in [0.29, 0.717) is 28.8 Å². The Labute approximate surface area is 177 Å². The van der Waals surface area contributed by atoms with E-state index in [1.807, 2.05) is 6.92 Å². The zero-order chi connectivity index (χ0) is 21.7. The monoisotopic (exact) mass is 428 g/mol. The molecule has 0 aliphatic carbocycles. The number of rotatable bonds is 7. The fourth-order valence-corrected chi connectivity index (χ4v) is 4.05. The summed E-state index contributed by atoms with van der Waals surface area (Å²) < 4.78 is 5.13. The van der Waals surface area contributed by atoms with Crippen molar-refractivity contribution in [3.63, 3.8) is 0 Å². The van der Waals surface area contributed by atoms with Crippen molar-refractivity contribution in [1.29, 1.82) is 0 Å². The molecule has 1 aliphatic rings. The highest BCUT2D eigenvalue weighted by atomic mass is 32.2. The van der Waals surface area contributed by atoms with Crippen molar-refractivity contribution >= 4 is 45.8 Å². The van der Waals surface area contributed by atoms with Gasteiger partial charge in [0, 0.05) is 30.8 Å². The van der Waals surface area contributed by atoms with Crippen LogP contribution in [0, 0.1) is 10.1 Å². The highest BCUT2D eigenvalue weighted by Crippen LogP contribution is 2.32. The Hall–Kier alpha value is -3.40. The molecule has 1 aliphatic heterocycles. The van der Waals surface area contributed by atoms with E-state index in [4.69, 9.17) is 4.74 Å². The van der Waals surface area contributed by atoms with Crippen molar-refractivity contribution in [1.82, 2.24) is 4.90 Å². The third-order valence-corrected chi connectivity index (χ3v) is 5.54. The molecule has 1 atom stereocenters. The van der Waals surface area contributed by atoms with Crippen LogP contribution in [0.5, 0.6) is 5.75 Å². The summed E-state index contributed by atoms with van der Waals surface area (Å²) in [5, 5.41) is 13.3. The van der Waals surface area contributed by atoms with Crippen molar-refractivity contribution < 1.29 is 19.2 Å². The first kappa shape index (κ1) is 21.3. The van der Waals surface area contributed by atoms with Crippen LogP contribution in [0.3, 0.4) is 0 Å². The van der Waals surface area contributed by atoms with Crippen molar-refractivity contribution in [2.24, 2.45) is 4.99 Å². The first-order chi connectivity index (χ1) is 14.4. The summed E-state index contributed by atoms with van der Waals surface area (Å²) in [5.74, 6) is 0.187. The Morgan fingerprint density at radius 2 is 1.90 bits per heavy atom. The van der Waals surface area contributed by atoms with Gasteiger partial charge >= 0.3 is 0 Å². The van der Waals surface area contributed by atoms with E-state index in [2.05, 4.69) is 10.3 Å². The van der Waals surface area contributed by atoms with Crippen LogP contribution in [0.25, 0.3) is 0 Å². The van der Waals surface area contributed by atoms with Gasteiger partial charge in [-0.2, -0.15) is 0 Å². The molecule has 1 saturated heterocycles. The van der Waals surface area contributed by atoms with E-state index in [-0.39, 0.29) is 23.9 Å². The number of hydrogen-bond acceptors (Lipinski definition) is 7. The summed E-state index contributed by atoms with van der Waals surface area (Å²) in [7, 11) is 1.58. The number of methoxy groups -OCH3 is 1. The highest BCUT2D eigenvalue weighted by Gasteiger charge is 2.38. The quantitative estimate of drug-likeness (QED) is 0.532. The van der Waals surface area contributed by atoms with Crippen LogP contribution < -0.4 is 10.1 Å². The molecule has 3 rings (SSSR count). The molecule has 156 valence electrons. The topological polar surface area (TPSA) is 114 Å². The largest absolute Gasteiger partial charge is 0.497 e. The molecule has 1 N–H and O–H groups in total. The van der Waals surface area contributed by atoms with Crippen LogP contribution in [0.2, 0.25) is 0 Å². The fraction of sp³-hybridized carbons (Fsp3) is 0.250. The molecular weight excluding hydrogens is 408 g/mol. The number of anilines is 1. The van der Waals surface area contributed by atoms with Crippen LogP contribution in [-0.2, 0) is 9.59 Å². The average Bonchev–Trinajstić information content (AvgIpc) is 3.02. The molecule has 1 fully saturated rings. The van der Waals surface area contributed by atoms with Gasteiger partial charge in [-0.05, 0) is 43.3 Å². The number of thioether (sulfide) groups is 1. The predicted molar refractivity (Wildman–Crippen MR) is 115 cm³/mol. The van der Waals surface area contributed by atoms with Gasteiger partial charge in [0.15, 0.2) is 5.17 Å². The van der Waals surface area contributed by atoms with Crippen LogP contribution >= 0.6 is 11.8 Å². The molecule has 30 heavy (non-hydrogen) atoms. The van der Waals surface area contributed by atoms with Gasteiger partial charge in [0.1, 0.15) is 11.0 Å². The smallest absolute Gasteiger partial charge is 0.269 e. The highest BCUT2D eigenvalue weighted by molar-refractivity contribution is 8.15. The lowest BCUT2D eigenvalue weighted by Gasteiger charge is -2.13. The Morgan fingerprint density at radius 1 is 1.23 bits per heavy atom. The van der Waals surface area contributed by atoms with E-state index in [0.717, 1.165) is 0 Å². The maximum absolute atomic E-state index is 12.7. The first-order valence-corrected chi connectivity index (χ1v) is 10.0. The number of carbonyl (C=O) groups excluding carboxylic acids is 2. The molecule has 0 unspecified atom stereocenters. The number of carbonyl (C=O) groups is 2. The lowest BCUT2D eigenvalue weighted by molar-refractivity contribution is -0.384. The summed E-state index contributed by atoms with van der Waals surface area (Å²) in [6.45, 7) is 2.29. The number of amidine groups is 1. The molecule has 9 nitrogen and oxygen atoms in total. The summed E-state index contributed by atoms with van der Waals surface area (Å²) in [6, 6.07) is 12.7. The van der Waals surface area contributed by atoms with Crippen LogP contribution in [-0.4, -0.2) is 45.7 Å². The molecular formula is C20H20N4O5S. The minimum absolute atomic E-state index is 0.0291. The maximum atomic E-state index is 12.7. The first-order valence-electron chi connectivity index (χ1n) is 9.16.